The molecule has 1 N–H and O–H groups in total. The molecule has 7 nitrogen and oxygen atoms in total. The number of hydrogen-bond donors (Lipinski definition) is 1. The Morgan fingerprint density at radius 1 is 0.448 bits per heavy atom. The van der Waals surface area contributed by atoms with Gasteiger partial charge < -0.3 is 33.5 Å². The number of ether oxygens (including phenoxy) is 6. The Bertz CT molecular complexity index is 2900. The van der Waals surface area contributed by atoms with Crippen LogP contribution in [0.1, 0.15) is 228 Å². The number of fused-ring (bicyclic) bond motifs is 1. The highest BCUT2D eigenvalue weighted by Crippen LogP contribution is 2.36. The quantitative estimate of drug-likeness (QED) is 0.0668. The van der Waals surface area contributed by atoms with Crippen molar-refractivity contribution in [1.29, 1.82) is 0 Å². The molecule has 1 aliphatic rings. The van der Waals surface area contributed by atoms with Gasteiger partial charge in [0.15, 0.2) is 23.0 Å². The maximum Gasteiger partial charge on any atom is 0.231 e. The highest BCUT2D eigenvalue weighted by Gasteiger charge is 2.15. The maximum atomic E-state index is 9.24. The van der Waals surface area contributed by atoms with Gasteiger partial charge in [-0.05, 0) is 200 Å². The summed E-state index contributed by atoms with van der Waals surface area (Å²) in [7, 11) is 3.18. The number of thioether (sulfide) groups is 2. The molecule has 0 bridgehead atoms. The highest BCUT2D eigenvalue weighted by molar-refractivity contribution is 7.98. The fourth-order valence-corrected chi connectivity index (χ4v) is 9.49. The van der Waals surface area contributed by atoms with E-state index in [9.17, 15) is 5.11 Å². The van der Waals surface area contributed by atoms with Crippen LogP contribution in [0.4, 0.5) is 0 Å². The Morgan fingerprint density at radius 2 is 0.897 bits per heavy atom. The van der Waals surface area contributed by atoms with Gasteiger partial charge in [-0.3, -0.25) is 0 Å². The lowest BCUT2D eigenvalue weighted by Gasteiger charge is -2.15. The number of methoxy groups -OCH3 is 2. The maximum absolute atomic E-state index is 9.24. The minimum atomic E-state index is -0.0416. The van der Waals surface area contributed by atoms with Crippen LogP contribution in [-0.4, -0.2) is 51.3 Å². The third kappa shape index (κ3) is 29.7. The lowest BCUT2D eigenvalue weighted by molar-refractivity contribution is 0.174. The fraction of sp³-hybridized carbons (Fsp3) is 0.462. The number of aryl methyl sites for hydroxylation is 2. The molecule has 7 aromatic rings. The van der Waals surface area contributed by atoms with Gasteiger partial charge in [0.25, 0.3) is 0 Å². The fourth-order valence-electron chi connectivity index (χ4n) is 8.61. The van der Waals surface area contributed by atoms with Crippen LogP contribution in [0, 0.1) is 13.8 Å². The van der Waals surface area contributed by atoms with E-state index in [1.165, 1.54) is 60.7 Å². The summed E-state index contributed by atoms with van der Waals surface area (Å²) in [6.45, 7) is 42.4. The number of aliphatic hydroxyl groups is 1. The SMILES string of the molecule is CC(C)Oc1ccc(C(C)C)cc1.CC(C)c1ccc2c(c1)OCO2.CCCCOc1ccc(C(C)C)cc1.COc1cc(C(C)C)cc(CO)c1OC.CSc1ccc(C(C)C)cc1.CSc1cccc(C(C)C)c1.Cc1cc(C)cc(C(C)C)c1. The van der Waals surface area contributed by atoms with E-state index in [4.69, 9.17) is 28.4 Å². The molecule has 9 heteroatoms. The second-order valence-corrected chi connectivity index (χ2v) is 26.0. The van der Waals surface area contributed by atoms with E-state index in [2.05, 4.69) is 239 Å². The molecule has 0 saturated carbocycles. The summed E-state index contributed by atoms with van der Waals surface area (Å²) in [5.41, 5.74) is 12.9. The Labute approximate surface area is 538 Å². The van der Waals surface area contributed by atoms with Gasteiger partial charge in [-0.25, -0.2) is 0 Å². The van der Waals surface area contributed by atoms with Crippen molar-refractivity contribution in [3.05, 3.63) is 201 Å². The molecule has 1 aliphatic heterocycles. The minimum absolute atomic E-state index is 0.0416. The van der Waals surface area contributed by atoms with E-state index in [0.717, 1.165) is 47.2 Å². The molecule has 87 heavy (non-hydrogen) atoms. The molecule has 8 rings (SSSR count). The van der Waals surface area contributed by atoms with Gasteiger partial charge in [0, 0.05) is 15.4 Å². The van der Waals surface area contributed by atoms with Crippen molar-refractivity contribution >= 4 is 23.5 Å². The standard InChI is InChI=1S/C13H20O.C12H18O3.C12H18O.C11H16.C10H12O2.2C10H14S/c1-4-5-10-14-13-8-6-12(7-9-13)11(2)3;1-8(2)9-5-10(7-13)12(15-4)11(6-9)14-3;1-9(2)11-5-7-12(8-6-11)13-10(3)4;1-8(2)11-6-9(3)5-10(4)7-11;1-7(2)8-3-4-9-10(5-8)12-6-11-9;1-8(2)9-4-6-10(11-3)7-5-9;1-8(2)9-5-4-6-10(7-9)11-3/h6-9,11H,4-5,10H2,1-3H3;5-6,8,13H,7H2,1-4H3;5-10H,1-4H3;5-8H,1-4H3;3-5,7H,6H2,1-2H3;2*4-8H,1-3H3. The topological polar surface area (TPSA) is 75.6 Å². The van der Waals surface area contributed by atoms with Crippen molar-refractivity contribution in [2.45, 2.75) is 208 Å². The summed E-state index contributed by atoms with van der Waals surface area (Å²) in [5.74, 6) is 9.03. The van der Waals surface area contributed by atoms with Crippen molar-refractivity contribution in [2.24, 2.45) is 0 Å². The molecule has 0 atom stereocenters. The lowest BCUT2D eigenvalue weighted by atomic mass is 9.99. The predicted molar refractivity (Wildman–Crippen MR) is 378 cm³/mol. The van der Waals surface area contributed by atoms with Gasteiger partial charge >= 0.3 is 0 Å². The molecule has 0 aromatic heterocycles. The first-order valence-electron chi connectivity index (χ1n) is 31.4. The average Bonchev–Trinajstić information content (AvgIpc) is 3.75. The number of rotatable bonds is 18. The van der Waals surface area contributed by atoms with E-state index in [1.54, 1.807) is 37.7 Å². The lowest BCUT2D eigenvalue weighted by Crippen LogP contribution is -2.05. The largest absolute Gasteiger partial charge is 0.494 e. The first-order chi connectivity index (χ1) is 41.3. The zero-order valence-corrected chi connectivity index (χ0v) is 59.4. The zero-order chi connectivity index (χ0) is 65.2. The third-order valence-corrected chi connectivity index (χ3v) is 15.6. The molecule has 0 unspecified atom stereocenters. The molecular formula is C78H112O7S2. The Morgan fingerprint density at radius 3 is 1.33 bits per heavy atom. The normalized spacial score (nSPS) is 11.1. The molecule has 0 amide bonds. The summed E-state index contributed by atoms with van der Waals surface area (Å²) in [5, 5.41) is 9.24. The van der Waals surface area contributed by atoms with Crippen molar-refractivity contribution in [1.82, 2.24) is 0 Å². The van der Waals surface area contributed by atoms with E-state index in [1.807, 2.05) is 50.2 Å². The van der Waals surface area contributed by atoms with Crippen LogP contribution in [0.25, 0.3) is 0 Å². The summed E-state index contributed by atoms with van der Waals surface area (Å²) in [4.78, 5) is 2.70. The van der Waals surface area contributed by atoms with Crippen LogP contribution in [-0.2, 0) is 6.61 Å². The molecule has 1 heterocycles. The highest BCUT2D eigenvalue weighted by atomic mass is 32.2. The smallest absolute Gasteiger partial charge is 0.231 e. The van der Waals surface area contributed by atoms with Gasteiger partial charge in [0.1, 0.15) is 11.5 Å². The molecule has 7 aromatic carbocycles. The third-order valence-electron chi connectivity index (χ3n) is 14.2. The van der Waals surface area contributed by atoms with Gasteiger partial charge in [-0.2, -0.15) is 0 Å². The van der Waals surface area contributed by atoms with Crippen LogP contribution in [0.15, 0.2) is 155 Å². The van der Waals surface area contributed by atoms with Crippen LogP contribution < -0.4 is 28.4 Å². The molecule has 478 valence electrons. The van der Waals surface area contributed by atoms with Crippen molar-refractivity contribution < 1.29 is 33.5 Å². The second-order valence-electron chi connectivity index (χ2n) is 24.2. The molecule has 0 radical (unpaired) electrons. The first-order valence-corrected chi connectivity index (χ1v) is 33.9. The predicted octanol–water partition coefficient (Wildman–Crippen LogP) is 22.9. The second kappa shape index (κ2) is 42.0. The average molecular weight is 1230 g/mol. The van der Waals surface area contributed by atoms with E-state index < -0.39 is 0 Å². The Balaban J connectivity index is 0.000000347. The minimum Gasteiger partial charge on any atom is -0.494 e. The van der Waals surface area contributed by atoms with Crippen molar-refractivity contribution in [3.8, 4) is 34.5 Å². The van der Waals surface area contributed by atoms with Gasteiger partial charge in [-0.15, -0.1) is 23.5 Å². The van der Waals surface area contributed by atoms with E-state index in [-0.39, 0.29) is 12.7 Å². The zero-order valence-electron chi connectivity index (χ0n) is 57.7. The summed E-state index contributed by atoms with van der Waals surface area (Å²) < 4.78 is 32.0. The van der Waals surface area contributed by atoms with Gasteiger partial charge in [0.05, 0.1) is 33.5 Å². The van der Waals surface area contributed by atoms with E-state index in [0.29, 0.717) is 59.7 Å². The van der Waals surface area contributed by atoms with Crippen LogP contribution in [0.3, 0.4) is 0 Å². The first kappa shape index (κ1) is 77.1. The van der Waals surface area contributed by atoms with Crippen molar-refractivity contribution in [3.63, 3.8) is 0 Å². The molecule has 0 spiro atoms. The summed E-state index contributed by atoms with van der Waals surface area (Å²) in [6.07, 6.45) is 6.78. The number of aliphatic hydroxyl groups excluding tert-OH is 1. The van der Waals surface area contributed by atoms with E-state index >= 15 is 0 Å². The molecule has 0 saturated heterocycles. The summed E-state index contributed by atoms with van der Waals surface area (Å²) >= 11 is 3.59. The van der Waals surface area contributed by atoms with Gasteiger partial charge in [-0.1, -0.05) is 194 Å². The number of unbranched alkanes of at least 4 members (excludes halogenated alkanes) is 1. The number of hydrogen-bond acceptors (Lipinski definition) is 9. The Hall–Kier alpha value is -6.00. The monoisotopic (exact) mass is 1220 g/mol. The van der Waals surface area contributed by atoms with Crippen molar-refractivity contribution in [2.75, 3.05) is 40.1 Å². The van der Waals surface area contributed by atoms with Crippen LogP contribution in [0.2, 0.25) is 0 Å². The van der Waals surface area contributed by atoms with Crippen LogP contribution >= 0.6 is 23.5 Å². The molecule has 0 aliphatic carbocycles. The molecule has 0 fully saturated rings. The summed E-state index contributed by atoms with van der Waals surface area (Å²) in [6, 6.07) is 51.0. The van der Waals surface area contributed by atoms with Gasteiger partial charge in [0.2, 0.25) is 6.79 Å². The number of benzene rings is 7. The molecular weight excluding hydrogens is 1110 g/mol. The van der Waals surface area contributed by atoms with Crippen LogP contribution in [0.5, 0.6) is 34.5 Å². The Kier molecular flexibility index (Phi) is 37.2.